The van der Waals surface area contributed by atoms with Crippen molar-refractivity contribution in [1.82, 2.24) is 0 Å². The van der Waals surface area contributed by atoms with Gasteiger partial charge in [0.25, 0.3) is 0 Å². The monoisotopic (exact) mass is 246 g/mol. The van der Waals surface area contributed by atoms with Gasteiger partial charge in [0.2, 0.25) is 0 Å². The first kappa shape index (κ1) is 12.8. The van der Waals surface area contributed by atoms with E-state index < -0.39 is 0 Å². The molecule has 1 aliphatic heterocycles. The molecule has 1 aliphatic rings. The van der Waals surface area contributed by atoms with E-state index in [-0.39, 0.29) is 29.7 Å². The van der Waals surface area contributed by atoms with Gasteiger partial charge < -0.3 is 4.74 Å². The number of carbonyl (C=O) groups excluding carboxylic acids is 2. The molecule has 0 bridgehead atoms. The third-order valence-electron chi connectivity index (χ3n) is 3.79. The van der Waals surface area contributed by atoms with Gasteiger partial charge in [-0.05, 0) is 25.5 Å². The van der Waals surface area contributed by atoms with Crippen LogP contribution in [0.25, 0.3) is 0 Å². The van der Waals surface area contributed by atoms with Crippen molar-refractivity contribution < 1.29 is 14.3 Å². The lowest BCUT2D eigenvalue weighted by Gasteiger charge is -2.33. The quantitative estimate of drug-likeness (QED) is 0.754. The van der Waals surface area contributed by atoms with Crippen LogP contribution in [-0.2, 0) is 9.53 Å². The first-order valence-electron chi connectivity index (χ1n) is 6.23. The van der Waals surface area contributed by atoms with Gasteiger partial charge in [-0.1, -0.05) is 31.5 Å². The molecule has 1 heterocycles. The van der Waals surface area contributed by atoms with E-state index in [1.54, 1.807) is 0 Å². The fourth-order valence-electron chi connectivity index (χ4n) is 2.48. The highest BCUT2D eigenvalue weighted by molar-refractivity contribution is 5.93. The molecule has 0 aromatic heterocycles. The van der Waals surface area contributed by atoms with Gasteiger partial charge in [-0.2, -0.15) is 0 Å². The molecule has 0 fully saturated rings. The molecule has 1 aromatic carbocycles. The van der Waals surface area contributed by atoms with Crippen molar-refractivity contribution in [1.29, 1.82) is 0 Å². The predicted molar refractivity (Wildman–Crippen MR) is 68.6 cm³/mol. The molecule has 0 saturated carbocycles. The van der Waals surface area contributed by atoms with Crippen LogP contribution in [0.3, 0.4) is 0 Å². The highest BCUT2D eigenvalue weighted by Gasteiger charge is 2.37. The Bertz CT molecular complexity index is 504. The fraction of sp³-hybridized carbons (Fsp3) is 0.467. The highest BCUT2D eigenvalue weighted by atomic mass is 16.5. The molecule has 0 amide bonds. The molecule has 18 heavy (non-hydrogen) atoms. The molecule has 3 atom stereocenters. The first-order chi connectivity index (χ1) is 8.41. The lowest BCUT2D eigenvalue weighted by atomic mass is 9.81. The molecule has 0 N–H and O–H groups in total. The van der Waals surface area contributed by atoms with E-state index in [0.29, 0.717) is 5.56 Å². The number of carbonyl (C=O) groups is 2. The summed E-state index contributed by atoms with van der Waals surface area (Å²) in [6, 6.07) is 5.81. The average Bonchev–Trinajstić information content (AvgIpc) is 2.32. The number of benzene rings is 1. The number of rotatable bonds is 2. The second-order valence-electron chi connectivity index (χ2n) is 5.15. The number of fused-ring (bicyclic) bond motifs is 1. The van der Waals surface area contributed by atoms with Crippen molar-refractivity contribution >= 4 is 11.8 Å². The van der Waals surface area contributed by atoms with E-state index >= 15 is 0 Å². The molecule has 2 rings (SSSR count). The maximum atomic E-state index is 12.0. The first-order valence-corrected chi connectivity index (χ1v) is 6.23. The zero-order chi connectivity index (χ0) is 13.4. The number of cyclic esters (lactones) is 1. The maximum absolute atomic E-state index is 12.0. The van der Waals surface area contributed by atoms with E-state index in [4.69, 9.17) is 4.74 Å². The molecule has 3 heteroatoms. The Morgan fingerprint density at radius 2 is 2.06 bits per heavy atom. The fourth-order valence-corrected chi connectivity index (χ4v) is 2.48. The van der Waals surface area contributed by atoms with Crippen molar-refractivity contribution in [3.05, 3.63) is 34.9 Å². The summed E-state index contributed by atoms with van der Waals surface area (Å²) in [6.07, 6.45) is -0.356. The van der Waals surface area contributed by atoms with E-state index in [0.717, 1.165) is 11.1 Å². The number of ether oxygens (including phenoxy) is 1. The van der Waals surface area contributed by atoms with Gasteiger partial charge in [-0.3, -0.25) is 4.79 Å². The molecule has 3 nitrogen and oxygen atoms in total. The van der Waals surface area contributed by atoms with Gasteiger partial charge in [0, 0.05) is 5.92 Å². The van der Waals surface area contributed by atoms with E-state index in [9.17, 15) is 9.59 Å². The molecule has 1 aromatic rings. The standard InChI is InChI=1S/C15H18O3/c1-8-5-6-12-10(3)14(9(2)11(4)16)18-15(17)13(12)7-8/h5-7,9-10,14H,1-4H3/t9-,10+,14+/m1/s1. The Labute approximate surface area is 107 Å². The van der Waals surface area contributed by atoms with Gasteiger partial charge in [-0.15, -0.1) is 0 Å². The van der Waals surface area contributed by atoms with E-state index in [2.05, 4.69) is 0 Å². The summed E-state index contributed by atoms with van der Waals surface area (Å²) in [4.78, 5) is 23.5. The number of hydrogen-bond donors (Lipinski definition) is 0. The minimum atomic E-state index is -0.356. The van der Waals surface area contributed by atoms with Crippen molar-refractivity contribution in [3.8, 4) is 0 Å². The SMILES string of the molecule is CC(=O)[C@@H](C)[C@@H]1OC(=O)c2cc(C)ccc2[C@@H]1C. The van der Waals surface area contributed by atoms with Crippen LogP contribution in [0.4, 0.5) is 0 Å². The zero-order valence-electron chi connectivity index (χ0n) is 11.2. The molecule has 0 radical (unpaired) electrons. The Balaban J connectivity index is 2.42. The molecule has 0 unspecified atom stereocenters. The molecule has 0 saturated heterocycles. The number of Topliss-reactive ketones (excluding diaryl/α,β-unsaturated/α-hetero) is 1. The summed E-state index contributed by atoms with van der Waals surface area (Å²) in [7, 11) is 0. The topological polar surface area (TPSA) is 43.4 Å². The smallest absolute Gasteiger partial charge is 0.338 e. The summed E-state index contributed by atoms with van der Waals surface area (Å²) in [6.45, 7) is 7.30. The molecule has 0 spiro atoms. The van der Waals surface area contributed by atoms with Crippen LogP contribution < -0.4 is 0 Å². The summed E-state index contributed by atoms with van der Waals surface area (Å²) >= 11 is 0. The molecule has 96 valence electrons. The summed E-state index contributed by atoms with van der Waals surface area (Å²) in [5.74, 6) is -0.476. The summed E-state index contributed by atoms with van der Waals surface area (Å²) in [5.41, 5.74) is 2.65. The van der Waals surface area contributed by atoms with Crippen LogP contribution >= 0.6 is 0 Å². The Hall–Kier alpha value is -1.64. The minimum Gasteiger partial charge on any atom is -0.457 e. The normalized spacial score (nSPS) is 24.1. The molecule has 0 aliphatic carbocycles. The Morgan fingerprint density at radius 1 is 1.39 bits per heavy atom. The van der Waals surface area contributed by atoms with Crippen LogP contribution in [0.15, 0.2) is 18.2 Å². The number of aryl methyl sites for hydroxylation is 1. The van der Waals surface area contributed by atoms with Gasteiger partial charge in [0.15, 0.2) is 0 Å². The lowest BCUT2D eigenvalue weighted by molar-refractivity contribution is -0.124. The van der Waals surface area contributed by atoms with Crippen LogP contribution in [0.5, 0.6) is 0 Å². The Kier molecular flexibility index (Phi) is 3.24. The largest absolute Gasteiger partial charge is 0.457 e. The van der Waals surface area contributed by atoms with Crippen molar-refractivity contribution in [2.75, 3.05) is 0 Å². The van der Waals surface area contributed by atoms with Crippen LogP contribution in [0.2, 0.25) is 0 Å². The van der Waals surface area contributed by atoms with Gasteiger partial charge in [0.05, 0.1) is 11.5 Å². The number of hydrogen-bond acceptors (Lipinski definition) is 3. The molecular weight excluding hydrogens is 228 g/mol. The predicted octanol–water partition coefficient (Wildman–Crippen LogP) is 2.86. The minimum absolute atomic E-state index is 0.0511. The lowest BCUT2D eigenvalue weighted by Crippen LogP contribution is -2.38. The number of esters is 1. The zero-order valence-corrected chi connectivity index (χ0v) is 11.2. The van der Waals surface area contributed by atoms with E-state index in [1.807, 2.05) is 39.0 Å². The third kappa shape index (κ3) is 2.05. The summed E-state index contributed by atoms with van der Waals surface area (Å²) < 4.78 is 5.44. The van der Waals surface area contributed by atoms with Crippen LogP contribution in [-0.4, -0.2) is 17.9 Å². The average molecular weight is 246 g/mol. The van der Waals surface area contributed by atoms with Gasteiger partial charge >= 0.3 is 5.97 Å². The second-order valence-corrected chi connectivity index (χ2v) is 5.15. The Morgan fingerprint density at radius 3 is 2.67 bits per heavy atom. The second kappa shape index (κ2) is 4.56. The van der Waals surface area contributed by atoms with Crippen molar-refractivity contribution in [2.24, 2.45) is 5.92 Å². The van der Waals surface area contributed by atoms with Crippen molar-refractivity contribution in [3.63, 3.8) is 0 Å². The third-order valence-corrected chi connectivity index (χ3v) is 3.79. The highest BCUT2D eigenvalue weighted by Crippen LogP contribution is 2.35. The van der Waals surface area contributed by atoms with Crippen LogP contribution in [0.1, 0.15) is 48.2 Å². The maximum Gasteiger partial charge on any atom is 0.338 e. The number of ketones is 1. The van der Waals surface area contributed by atoms with E-state index in [1.165, 1.54) is 6.92 Å². The van der Waals surface area contributed by atoms with Crippen LogP contribution in [0, 0.1) is 12.8 Å². The molecular formula is C15H18O3. The van der Waals surface area contributed by atoms with Crippen molar-refractivity contribution in [2.45, 2.75) is 39.7 Å². The summed E-state index contributed by atoms with van der Waals surface area (Å²) in [5, 5.41) is 0. The van der Waals surface area contributed by atoms with Gasteiger partial charge in [-0.25, -0.2) is 4.79 Å². The van der Waals surface area contributed by atoms with Gasteiger partial charge in [0.1, 0.15) is 11.9 Å².